The van der Waals surface area contributed by atoms with Crippen molar-refractivity contribution in [1.82, 2.24) is 0 Å². The number of sulfonamides is 1. The normalized spacial score (nSPS) is 11.2. The number of carbonyl (C=O) groups is 1. The van der Waals surface area contributed by atoms with E-state index in [-0.39, 0.29) is 6.54 Å². The van der Waals surface area contributed by atoms with E-state index < -0.39 is 15.9 Å². The fraction of sp³-hybridized carbons (Fsp3) is 0.235. The van der Waals surface area contributed by atoms with Gasteiger partial charge in [0, 0.05) is 15.7 Å². The topological polar surface area (TPSA) is 66.5 Å². The molecular formula is C17H18Cl2N2O3S. The molecule has 0 spiro atoms. The summed E-state index contributed by atoms with van der Waals surface area (Å²) in [6.07, 6.45) is 1.06. The van der Waals surface area contributed by atoms with Gasteiger partial charge in [-0.15, -0.1) is 0 Å². The van der Waals surface area contributed by atoms with Gasteiger partial charge >= 0.3 is 0 Å². The summed E-state index contributed by atoms with van der Waals surface area (Å²) >= 11 is 11.8. The van der Waals surface area contributed by atoms with Crippen LogP contribution in [-0.4, -0.2) is 27.1 Å². The Morgan fingerprint density at radius 3 is 2.00 bits per heavy atom. The molecule has 0 heterocycles. The van der Waals surface area contributed by atoms with Crippen LogP contribution in [0.4, 0.5) is 11.4 Å². The van der Waals surface area contributed by atoms with E-state index in [0.717, 1.165) is 21.7 Å². The van der Waals surface area contributed by atoms with Crippen LogP contribution in [-0.2, 0) is 14.8 Å². The first-order valence-electron chi connectivity index (χ1n) is 7.36. The van der Waals surface area contributed by atoms with Gasteiger partial charge in [-0.3, -0.25) is 9.10 Å². The van der Waals surface area contributed by atoms with Crippen LogP contribution in [0.25, 0.3) is 0 Å². The number of halogens is 2. The number of carbonyl (C=O) groups excluding carboxylic acids is 1. The largest absolute Gasteiger partial charge is 0.324 e. The predicted molar refractivity (Wildman–Crippen MR) is 103 cm³/mol. The molecule has 2 rings (SSSR count). The minimum absolute atomic E-state index is 0.355. The van der Waals surface area contributed by atoms with Crippen molar-refractivity contribution in [3.8, 4) is 0 Å². The van der Waals surface area contributed by atoms with E-state index >= 15 is 0 Å². The highest BCUT2D eigenvalue weighted by Gasteiger charge is 2.21. The minimum atomic E-state index is -3.63. The van der Waals surface area contributed by atoms with E-state index in [0.29, 0.717) is 21.4 Å². The smallest absolute Gasteiger partial charge is 0.245 e. The Hall–Kier alpha value is -1.76. The van der Waals surface area contributed by atoms with E-state index in [9.17, 15) is 13.2 Å². The Morgan fingerprint density at radius 2 is 1.52 bits per heavy atom. The van der Waals surface area contributed by atoms with Gasteiger partial charge < -0.3 is 5.32 Å². The average molecular weight is 401 g/mol. The molecule has 1 amide bonds. The summed E-state index contributed by atoms with van der Waals surface area (Å²) < 4.78 is 25.4. The zero-order chi connectivity index (χ0) is 18.8. The number of anilines is 2. The van der Waals surface area contributed by atoms with Crippen LogP contribution in [0.3, 0.4) is 0 Å². The molecule has 0 saturated carbocycles. The Kier molecular flexibility index (Phi) is 5.98. The summed E-state index contributed by atoms with van der Waals surface area (Å²) in [5.41, 5.74) is 2.66. The van der Waals surface area contributed by atoms with Gasteiger partial charge in [0.05, 0.1) is 11.9 Å². The molecular weight excluding hydrogens is 383 g/mol. The van der Waals surface area contributed by atoms with Crippen LogP contribution in [0.5, 0.6) is 0 Å². The number of hydrogen-bond acceptors (Lipinski definition) is 3. The third kappa shape index (κ3) is 5.63. The number of amides is 1. The lowest BCUT2D eigenvalue weighted by Gasteiger charge is -2.23. The molecule has 2 aromatic rings. The van der Waals surface area contributed by atoms with Gasteiger partial charge in [0.25, 0.3) is 0 Å². The van der Waals surface area contributed by atoms with E-state index in [2.05, 4.69) is 5.32 Å². The van der Waals surface area contributed by atoms with Crippen molar-refractivity contribution < 1.29 is 13.2 Å². The number of rotatable bonds is 5. The van der Waals surface area contributed by atoms with Gasteiger partial charge in [-0.25, -0.2) is 8.42 Å². The van der Waals surface area contributed by atoms with Crippen molar-refractivity contribution in [2.24, 2.45) is 0 Å². The molecule has 5 nitrogen and oxygen atoms in total. The van der Waals surface area contributed by atoms with Crippen molar-refractivity contribution in [3.63, 3.8) is 0 Å². The summed E-state index contributed by atoms with van der Waals surface area (Å²) in [5, 5.41) is 3.36. The first-order chi connectivity index (χ1) is 11.5. The Morgan fingerprint density at radius 1 is 1.00 bits per heavy atom. The molecule has 0 atom stereocenters. The standard InChI is InChI=1S/C17H18Cl2N2O3S/c1-11-4-12(2)6-16(5-11)21(25(3,23)24)10-17(22)20-15-8-13(18)7-14(19)9-15/h4-9H,10H2,1-3H3,(H,20,22). The molecule has 0 aliphatic heterocycles. The number of hydrogen-bond donors (Lipinski definition) is 1. The molecule has 1 N–H and O–H groups in total. The predicted octanol–water partition coefficient (Wildman–Crippen LogP) is 4.01. The number of aryl methyl sites for hydroxylation is 2. The third-order valence-corrected chi connectivity index (χ3v) is 4.91. The fourth-order valence-corrected chi connectivity index (χ4v) is 3.82. The summed E-state index contributed by atoms with van der Waals surface area (Å²) in [7, 11) is -3.63. The second-order valence-corrected chi connectivity index (χ2v) is 8.60. The average Bonchev–Trinajstić information content (AvgIpc) is 2.41. The highest BCUT2D eigenvalue weighted by atomic mass is 35.5. The summed E-state index contributed by atoms with van der Waals surface area (Å²) in [4.78, 5) is 12.3. The van der Waals surface area contributed by atoms with Gasteiger partial charge in [-0.2, -0.15) is 0 Å². The second-order valence-electron chi connectivity index (χ2n) is 5.82. The van der Waals surface area contributed by atoms with Crippen LogP contribution >= 0.6 is 23.2 Å². The molecule has 0 radical (unpaired) electrons. The van der Waals surface area contributed by atoms with Gasteiger partial charge in [0.2, 0.25) is 15.9 Å². The minimum Gasteiger partial charge on any atom is -0.324 e. The lowest BCUT2D eigenvalue weighted by Crippen LogP contribution is -2.37. The van der Waals surface area contributed by atoms with Crippen LogP contribution in [0.1, 0.15) is 11.1 Å². The molecule has 8 heteroatoms. The van der Waals surface area contributed by atoms with Gasteiger partial charge in [0.15, 0.2) is 0 Å². The maximum atomic E-state index is 12.3. The molecule has 0 saturated heterocycles. The zero-order valence-electron chi connectivity index (χ0n) is 14.0. The van der Waals surface area contributed by atoms with E-state index in [1.54, 1.807) is 12.1 Å². The Labute approximate surface area is 157 Å². The zero-order valence-corrected chi connectivity index (χ0v) is 16.3. The molecule has 25 heavy (non-hydrogen) atoms. The van der Waals surface area contributed by atoms with Crippen molar-refractivity contribution in [2.75, 3.05) is 22.4 Å². The Balaban J connectivity index is 2.26. The van der Waals surface area contributed by atoms with Crippen molar-refractivity contribution >= 4 is 50.5 Å². The van der Waals surface area contributed by atoms with Gasteiger partial charge in [-0.1, -0.05) is 29.3 Å². The van der Waals surface area contributed by atoms with Gasteiger partial charge in [0.1, 0.15) is 6.54 Å². The van der Waals surface area contributed by atoms with Crippen molar-refractivity contribution in [2.45, 2.75) is 13.8 Å². The molecule has 2 aromatic carbocycles. The second kappa shape index (κ2) is 7.64. The summed E-state index contributed by atoms with van der Waals surface area (Å²) in [6.45, 7) is 3.38. The molecule has 0 unspecified atom stereocenters. The maximum absolute atomic E-state index is 12.3. The van der Waals surface area contributed by atoms with Crippen molar-refractivity contribution in [3.05, 3.63) is 57.6 Å². The van der Waals surface area contributed by atoms with Crippen LogP contribution in [0, 0.1) is 13.8 Å². The molecule has 0 fully saturated rings. The van der Waals surface area contributed by atoms with Crippen molar-refractivity contribution in [1.29, 1.82) is 0 Å². The van der Waals surface area contributed by atoms with Crippen LogP contribution < -0.4 is 9.62 Å². The highest BCUT2D eigenvalue weighted by molar-refractivity contribution is 7.92. The summed E-state index contributed by atoms with van der Waals surface area (Å²) in [6, 6.07) is 9.98. The quantitative estimate of drug-likeness (QED) is 0.823. The van der Waals surface area contributed by atoms with Crippen LogP contribution in [0.15, 0.2) is 36.4 Å². The lowest BCUT2D eigenvalue weighted by molar-refractivity contribution is -0.114. The summed E-state index contributed by atoms with van der Waals surface area (Å²) in [5.74, 6) is -0.497. The van der Waals surface area contributed by atoms with E-state index in [4.69, 9.17) is 23.2 Å². The highest BCUT2D eigenvalue weighted by Crippen LogP contribution is 2.24. The lowest BCUT2D eigenvalue weighted by atomic mass is 10.1. The van der Waals surface area contributed by atoms with Crippen LogP contribution in [0.2, 0.25) is 10.0 Å². The van der Waals surface area contributed by atoms with E-state index in [1.807, 2.05) is 19.9 Å². The first-order valence-corrected chi connectivity index (χ1v) is 9.97. The monoisotopic (exact) mass is 400 g/mol. The first kappa shape index (κ1) is 19.6. The number of nitrogens with one attached hydrogen (secondary N) is 1. The third-order valence-electron chi connectivity index (χ3n) is 3.33. The molecule has 134 valence electrons. The number of nitrogens with zero attached hydrogens (tertiary/aromatic N) is 1. The Bertz CT molecular complexity index is 874. The molecule has 0 aromatic heterocycles. The molecule has 0 bridgehead atoms. The molecule has 0 aliphatic rings. The van der Waals surface area contributed by atoms with E-state index in [1.165, 1.54) is 18.2 Å². The molecule has 0 aliphatic carbocycles. The SMILES string of the molecule is Cc1cc(C)cc(N(CC(=O)Nc2cc(Cl)cc(Cl)c2)S(C)(=O)=O)c1. The maximum Gasteiger partial charge on any atom is 0.245 e. The number of benzene rings is 2. The van der Waals surface area contributed by atoms with Gasteiger partial charge in [-0.05, 0) is 55.3 Å². The fourth-order valence-electron chi connectivity index (χ4n) is 2.45.